The number of carbonyl (C=O) groups is 2. The van der Waals surface area contributed by atoms with Gasteiger partial charge in [0.05, 0.1) is 11.9 Å². The van der Waals surface area contributed by atoms with Gasteiger partial charge in [0.25, 0.3) is 0 Å². The van der Waals surface area contributed by atoms with Crippen molar-refractivity contribution in [1.29, 1.82) is 0 Å². The molecule has 0 radical (unpaired) electrons. The van der Waals surface area contributed by atoms with Crippen LogP contribution in [0, 0.1) is 6.92 Å². The number of nitrogens with zero attached hydrogens (tertiary/aromatic N) is 2. The van der Waals surface area contributed by atoms with Gasteiger partial charge in [-0.25, -0.2) is 8.42 Å². The highest BCUT2D eigenvalue weighted by Crippen LogP contribution is 2.28. The van der Waals surface area contributed by atoms with Crippen LogP contribution in [0.4, 0.5) is 5.69 Å². The highest BCUT2D eigenvalue weighted by molar-refractivity contribution is 7.92. The zero-order valence-corrected chi connectivity index (χ0v) is 21.6. The maximum Gasteiger partial charge on any atom is 0.244 e. The molecule has 0 aliphatic carbocycles. The highest BCUT2D eigenvalue weighted by atomic mass is 35.5. The van der Waals surface area contributed by atoms with Gasteiger partial charge in [0.1, 0.15) is 12.6 Å². The van der Waals surface area contributed by atoms with E-state index in [2.05, 4.69) is 5.32 Å². The topological polar surface area (TPSA) is 86.8 Å². The third kappa shape index (κ3) is 7.35. The lowest BCUT2D eigenvalue weighted by molar-refractivity contribution is -0.139. The molecule has 0 saturated heterocycles. The van der Waals surface area contributed by atoms with E-state index in [9.17, 15) is 18.0 Å². The molecule has 1 unspecified atom stereocenters. The third-order valence-corrected chi connectivity index (χ3v) is 6.84. The second-order valence-corrected chi connectivity index (χ2v) is 10.9. The molecule has 0 bridgehead atoms. The standard InChI is InChI=1S/C23H29Cl2N3O4S/c1-15(2)26-23(30)17(4)27(13-18-9-11-19(24)12-10-18)22(29)14-28(33(5,31)32)21-8-6-7-20(25)16(21)3/h6-12,15,17H,13-14H2,1-5H3,(H,26,30). The van der Waals surface area contributed by atoms with Crippen molar-refractivity contribution in [3.63, 3.8) is 0 Å². The molecule has 0 fully saturated rings. The Hall–Kier alpha value is -2.29. The Labute approximate surface area is 205 Å². The molecule has 1 atom stereocenters. The zero-order valence-electron chi connectivity index (χ0n) is 19.3. The summed E-state index contributed by atoms with van der Waals surface area (Å²) in [5.74, 6) is -0.863. The second-order valence-electron chi connectivity index (χ2n) is 8.14. The summed E-state index contributed by atoms with van der Waals surface area (Å²) in [7, 11) is -3.82. The van der Waals surface area contributed by atoms with Crippen LogP contribution in [0.1, 0.15) is 31.9 Å². The van der Waals surface area contributed by atoms with Crippen molar-refractivity contribution >= 4 is 50.7 Å². The lowest BCUT2D eigenvalue weighted by atomic mass is 10.1. The minimum atomic E-state index is -3.82. The summed E-state index contributed by atoms with van der Waals surface area (Å²) in [6.45, 7) is 6.57. The van der Waals surface area contributed by atoms with Crippen LogP contribution < -0.4 is 9.62 Å². The van der Waals surface area contributed by atoms with Crippen LogP contribution in [0.15, 0.2) is 42.5 Å². The maximum atomic E-state index is 13.5. The van der Waals surface area contributed by atoms with E-state index >= 15 is 0 Å². The summed E-state index contributed by atoms with van der Waals surface area (Å²) in [6.07, 6.45) is 1.03. The van der Waals surface area contributed by atoms with Crippen molar-refractivity contribution < 1.29 is 18.0 Å². The molecule has 33 heavy (non-hydrogen) atoms. The first-order valence-corrected chi connectivity index (χ1v) is 13.0. The first-order chi connectivity index (χ1) is 15.3. The van der Waals surface area contributed by atoms with Crippen LogP contribution >= 0.6 is 23.2 Å². The Morgan fingerprint density at radius 3 is 2.18 bits per heavy atom. The zero-order chi connectivity index (χ0) is 24.9. The van der Waals surface area contributed by atoms with E-state index in [0.717, 1.165) is 16.1 Å². The average molecular weight is 514 g/mol. The van der Waals surface area contributed by atoms with E-state index in [1.165, 1.54) is 4.90 Å². The minimum Gasteiger partial charge on any atom is -0.352 e. The molecule has 7 nitrogen and oxygen atoms in total. The molecule has 2 amide bonds. The number of amides is 2. The summed E-state index contributed by atoms with van der Waals surface area (Å²) in [5.41, 5.74) is 1.60. The van der Waals surface area contributed by atoms with E-state index in [1.54, 1.807) is 56.3 Å². The van der Waals surface area contributed by atoms with Crippen molar-refractivity contribution in [2.24, 2.45) is 0 Å². The van der Waals surface area contributed by atoms with Gasteiger partial charge >= 0.3 is 0 Å². The first-order valence-electron chi connectivity index (χ1n) is 10.4. The number of hydrogen-bond donors (Lipinski definition) is 1. The van der Waals surface area contributed by atoms with Crippen LogP contribution in [-0.2, 0) is 26.2 Å². The number of sulfonamides is 1. The van der Waals surface area contributed by atoms with Crippen molar-refractivity contribution in [2.45, 2.75) is 46.3 Å². The number of benzene rings is 2. The monoisotopic (exact) mass is 513 g/mol. The summed E-state index contributed by atoms with van der Waals surface area (Å²) in [5, 5.41) is 3.73. The SMILES string of the molecule is Cc1c(Cl)cccc1N(CC(=O)N(Cc1ccc(Cl)cc1)C(C)C(=O)NC(C)C)S(C)(=O)=O. The lowest BCUT2D eigenvalue weighted by Crippen LogP contribution is -2.52. The quantitative estimate of drug-likeness (QED) is 0.548. The van der Waals surface area contributed by atoms with E-state index in [4.69, 9.17) is 23.2 Å². The summed E-state index contributed by atoms with van der Waals surface area (Å²) in [4.78, 5) is 27.5. The molecule has 0 aliphatic rings. The largest absolute Gasteiger partial charge is 0.352 e. The summed E-state index contributed by atoms with van der Waals surface area (Å²) >= 11 is 12.2. The van der Waals surface area contributed by atoms with Gasteiger partial charge in [-0.3, -0.25) is 13.9 Å². The van der Waals surface area contributed by atoms with Crippen molar-refractivity contribution in [3.05, 3.63) is 63.6 Å². The molecular weight excluding hydrogens is 485 g/mol. The number of carbonyl (C=O) groups excluding carboxylic acids is 2. The smallest absolute Gasteiger partial charge is 0.244 e. The fourth-order valence-electron chi connectivity index (χ4n) is 3.24. The molecule has 2 aromatic rings. The molecule has 1 N–H and O–H groups in total. The Morgan fingerprint density at radius 1 is 1.03 bits per heavy atom. The third-order valence-electron chi connectivity index (χ3n) is 5.05. The second kappa shape index (κ2) is 11.2. The van der Waals surface area contributed by atoms with Crippen molar-refractivity contribution in [3.8, 4) is 0 Å². The van der Waals surface area contributed by atoms with Gasteiger partial charge < -0.3 is 10.2 Å². The fourth-order valence-corrected chi connectivity index (χ4v) is 4.43. The van der Waals surface area contributed by atoms with Gasteiger partial charge in [-0.15, -0.1) is 0 Å². The van der Waals surface area contributed by atoms with Gasteiger partial charge in [-0.2, -0.15) is 0 Å². The van der Waals surface area contributed by atoms with Crippen molar-refractivity contribution in [2.75, 3.05) is 17.1 Å². The number of anilines is 1. The summed E-state index contributed by atoms with van der Waals surface area (Å²) < 4.78 is 26.2. The molecule has 0 aliphatic heterocycles. The average Bonchev–Trinajstić information content (AvgIpc) is 2.72. The number of rotatable bonds is 9. The van der Waals surface area contributed by atoms with E-state index < -0.39 is 28.5 Å². The Balaban J connectivity index is 2.43. The van der Waals surface area contributed by atoms with Gasteiger partial charge in [-0.05, 0) is 63.1 Å². The van der Waals surface area contributed by atoms with Gasteiger partial charge in [0.2, 0.25) is 21.8 Å². The van der Waals surface area contributed by atoms with Crippen LogP contribution in [0.5, 0.6) is 0 Å². The molecule has 2 aromatic carbocycles. The molecule has 2 rings (SSSR count). The summed E-state index contributed by atoms with van der Waals surface area (Å²) in [6, 6.07) is 10.8. The predicted molar refractivity (Wildman–Crippen MR) is 133 cm³/mol. The number of halogens is 2. The Kier molecular flexibility index (Phi) is 9.17. The van der Waals surface area contributed by atoms with Gasteiger partial charge in [0.15, 0.2) is 0 Å². The van der Waals surface area contributed by atoms with Crippen LogP contribution in [0.25, 0.3) is 0 Å². The van der Waals surface area contributed by atoms with Gasteiger partial charge in [-0.1, -0.05) is 41.4 Å². The maximum absolute atomic E-state index is 13.5. The highest BCUT2D eigenvalue weighted by Gasteiger charge is 2.31. The lowest BCUT2D eigenvalue weighted by Gasteiger charge is -2.32. The molecule has 0 aromatic heterocycles. The van der Waals surface area contributed by atoms with E-state index in [1.807, 2.05) is 13.8 Å². The molecule has 0 saturated carbocycles. The van der Waals surface area contributed by atoms with Crippen LogP contribution in [0.3, 0.4) is 0 Å². The predicted octanol–water partition coefficient (Wildman–Crippen LogP) is 4.01. The van der Waals surface area contributed by atoms with E-state index in [-0.39, 0.29) is 18.5 Å². The normalized spacial score (nSPS) is 12.4. The van der Waals surface area contributed by atoms with Crippen molar-refractivity contribution in [1.82, 2.24) is 10.2 Å². The fraction of sp³-hybridized carbons (Fsp3) is 0.391. The van der Waals surface area contributed by atoms with Crippen LogP contribution in [0.2, 0.25) is 10.0 Å². The number of nitrogens with one attached hydrogen (secondary N) is 1. The molecule has 10 heteroatoms. The molecule has 180 valence electrons. The molecule has 0 spiro atoms. The Bertz CT molecular complexity index is 1110. The first kappa shape index (κ1) is 27.0. The minimum absolute atomic E-state index is 0.106. The van der Waals surface area contributed by atoms with Gasteiger partial charge in [0, 0.05) is 22.6 Å². The molecular formula is C23H29Cl2N3O4S. The van der Waals surface area contributed by atoms with E-state index in [0.29, 0.717) is 21.3 Å². The molecule has 0 heterocycles. The number of hydrogen-bond acceptors (Lipinski definition) is 4. The van der Waals surface area contributed by atoms with Crippen LogP contribution in [-0.4, -0.2) is 50.0 Å². The Morgan fingerprint density at radius 2 is 1.64 bits per heavy atom.